The molecular weight excluding hydrogens is 598 g/mol. The third-order valence-corrected chi connectivity index (χ3v) is 13.7. The fourth-order valence-electron chi connectivity index (χ4n) is 6.06. The number of ether oxygens (including phenoxy) is 3. The second-order valence-electron chi connectivity index (χ2n) is 13.4. The van der Waals surface area contributed by atoms with E-state index in [1.807, 2.05) is 36.4 Å². The zero-order valence-electron chi connectivity index (χ0n) is 29.1. The van der Waals surface area contributed by atoms with Gasteiger partial charge >= 0.3 is 0 Å². The number of Topliss-reactive ketones (excluding diaryl/α,β-unsaturated/α-hetero) is 1. The van der Waals surface area contributed by atoms with Gasteiger partial charge in [-0.25, -0.2) is 0 Å². The van der Waals surface area contributed by atoms with E-state index < -0.39 is 32.4 Å². The summed E-state index contributed by atoms with van der Waals surface area (Å²) in [7, 11) is -3.03. The van der Waals surface area contributed by atoms with Crippen molar-refractivity contribution in [3.63, 3.8) is 0 Å². The van der Waals surface area contributed by atoms with Crippen molar-refractivity contribution in [2.75, 3.05) is 26.4 Å². The number of rotatable bonds is 17. The molecule has 1 unspecified atom stereocenters. The molecule has 1 N–H and O–H groups in total. The van der Waals surface area contributed by atoms with Gasteiger partial charge in [0.2, 0.25) is 5.91 Å². The number of carbonyl (C=O) groups excluding carboxylic acids is 2. The largest absolute Gasteiger partial charge is 0.404 e. The average Bonchev–Trinajstić information content (AvgIpc) is 3.29. The SMILES string of the molecule is CCCCOC[C@@]1(CO[Si](c2ccccc2)(c2ccccc2)C(C)(C)C)O[C@@H](N(/C=C(/C)C(C)=O)C(C)=O)[C@H](O)C1OCCCC. The standard InChI is InChI=1S/C37H55NO7Si/c1-9-11-23-42-26-37(27-44-46(36(6,7)8,31-19-15-13-16-20-31)32-21-17-14-18-22-32)34(43-24-12-10-2)33(41)35(45-37)38(30(5)40)25-28(3)29(4)39/h13-22,25,33-35,41H,9-12,23-24,26-27H2,1-8H3/b28-25-/t33-,34?,35-,37+/m1/s1. The van der Waals surface area contributed by atoms with Crippen molar-refractivity contribution in [2.24, 2.45) is 0 Å². The fraction of sp³-hybridized carbons (Fsp3) is 0.568. The lowest BCUT2D eigenvalue weighted by Crippen LogP contribution is -2.68. The number of allylic oxidation sites excluding steroid dienone is 1. The molecular formula is C37H55NO7Si. The third-order valence-electron chi connectivity index (χ3n) is 8.74. The summed E-state index contributed by atoms with van der Waals surface area (Å²) >= 11 is 0. The van der Waals surface area contributed by atoms with Gasteiger partial charge in [0.1, 0.15) is 17.8 Å². The quantitative estimate of drug-likeness (QED) is 0.140. The summed E-state index contributed by atoms with van der Waals surface area (Å²) in [6.45, 7) is 16.3. The van der Waals surface area contributed by atoms with Gasteiger partial charge in [-0.15, -0.1) is 0 Å². The Bertz CT molecular complexity index is 1240. The maximum atomic E-state index is 13.0. The minimum atomic E-state index is -3.03. The monoisotopic (exact) mass is 653 g/mol. The third kappa shape index (κ3) is 8.62. The molecule has 0 aliphatic carbocycles. The van der Waals surface area contributed by atoms with E-state index in [4.69, 9.17) is 18.6 Å². The molecule has 1 amide bonds. The highest BCUT2D eigenvalue weighted by Crippen LogP contribution is 2.41. The molecule has 1 heterocycles. The van der Waals surface area contributed by atoms with Gasteiger partial charge < -0.3 is 23.7 Å². The zero-order chi connectivity index (χ0) is 34.0. The van der Waals surface area contributed by atoms with Gasteiger partial charge in [-0.05, 0) is 42.1 Å². The number of aliphatic hydroxyl groups is 1. The first-order valence-corrected chi connectivity index (χ1v) is 18.5. The van der Waals surface area contributed by atoms with Crippen molar-refractivity contribution >= 4 is 30.4 Å². The number of benzene rings is 2. The van der Waals surface area contributed by atoms with E-state index in [9.17, 15) is 14.7 Å². The molecule has 0 bridgehead atoms. The number of carbonyl (C=O) groups is 2. The van der Waals surface area contributed by atoms with Crippen LogP contribution in [-0.2, 0) is 28.2 Å². The molecule has 0 aromatic heterocycles. The van der Waals surface area contributed by atoms with Crippen LogP contribution in [0.2, 0.25) is 5.04 Å². The van der Waals surface area contributed by atoms with E-state index in [-0.39, 0.29) is 29.9 Å². The van der Waals surface area contributed by atoms with Crippen LogP contribution in [0.3, 0.4) is 0 Å². The Labute approximate surface area is 277 Å². The van der Waals surface area contributed by atoms with Gasteiger partial charge in [0.05, 0.1) is 13.2 Å². The summed E-state index contributed by atoms with van der Waals surface area (Å²) in [5.41, 5.74) is -0.890. The van der Waals surface area contributed by atoms with Crippen LogP contribution in [0.5, 0.6) is 0 Å². The second kappa shape index (κ2) is 16.9. The van der Waals surface area contributed by atoms with Crippen LogP contribution in [0.1, 0.15) is 81.1 Å². The molecule has 46 heavy (non-hydrogen) atoms. The molecule has 1 aliphatic heterocycles. The van der Waals surface area contributed by atoms with Gasteiger partial charge in [-0.2, -0.15) is 0 Å². The summed E-state index contributed by atoms with van der Waals surface area (Å²) in [5.74, 6) is -0.550. The Balaban J connectivity index is 2.20. The summed E-state index contributed by atoms with van der Waals surface area (Å²) in [5, 5.41) is 13.8. The number of aliphatic hydroxyl groups excluding tert-OH is 1. The maximum absolute atomic E-state index is 13.0. The summed E-state index contributed by atoms with van der Waals surface area (Å²) < 4.78 is 26.9. The molecule has 2 aromatic carbocycles. The van der Waals surface area contributed by atoms with E-state index in [1.165, 1.54) is 24.9 Å². The normalized spacial score (nSPS) is 22.2. The molecule has 1 saturated heterocycles. The van der Waals surface area contributed by atoms with Gasteiger partial charge in [-0.1, -0.05) is 108 Å². The smallest absolute Gasteiger partial charge is 0.261 e. The van der Waals surface area contributed by atoms with Crippen LogP contribution in [0.15, 0.2) is 72.4 Å². The van der Waals surface area contributed by atoms with Gasteiger partial charge in [0.25, 0.3) is 8.32 Å². The average molecular weight is 654 g/mol. The molecule has 2 aromatic rings. The highest BCUT2D eigenvalue weighted by atomic mass is 28.4. The van der Waals surface area contributed by atoms with Gasteiger partial charge in [0.15, 0.2) is 12.0 Å². The minimum absolute atomic E-state index is 0.0535. The molecule has 8 nitrogen and oxygen atoms in total. The van der Waals surface area contributed by atoms with E-state index in [0.29, 0.717) is 18.8 Å². The topological polar surface area (TPSA) is 94.5 Å². The van der Waals surface area contributed by atoms with E-state index >= 15 is 0 Å². The lowest BCUT2D eigenvalue weighted by atomic mass is 9.96. The Morgan fingerprint density at radius 3 is 1.93 bits per heavy atom. The lowest BCUT2D eigenvalue weighted by molar-refractivity contribution is -0.178. The first-order valence-electron chi connectivity index (χ1n) is 16.6. The number of ketones is 1. The molecule has 254 valence electrons. The van der Waals surface area contributed by atoms with E-state index in [2.05, 4.69) is 58.9 Å². The minimum Gasteiger partial charge on any atom is -0.404 e. The Hall–Kier alpha value is -2.66. The zero-order valence-corrected chi connectivity index (χ0v) is 30.1. The summed E-state index contributed by atoms with van der Waals surface area (Å²) in [6.07, 6.45) is 1.77. The molecule has 1 fully saturated rings. The number of hydrogen-bond donors (Lipinski definition) is 1. The number of hydrogen-bond acceptors (Lipinski definition) is 7. The number of unbranched alkanes of at least 4 members (excludes halogenated alkanes) is 2. The first kappa shape index (κ1) is 37.8. The van der Waals surface area contributed by atoms with E-state index in [0.717, 1.165) is 36.1 Å². The van der Waals surface area contributed by atoms with Crippen molar-refractivity contribution in [3.8, 4) is 0 Å². The van der Waals surface area contributed by atoms with Crippen LogP contribution < -0.4 is 10.4 Å². The Morgan fingerprint density at radius 1 is 0.913 bits per heavy atom. The molecule has 3 rings (SSSR count). The molecule has 4 atom stereocenters. The second-order valence-corrected chi connectivity index (χ2v) is 17.7. The van der Waals surface area contributed by atoms with Crippen LogP contribution in [0.25, 0.3) is 0 Å². The molecule has 1 aliphatic rings. The van der Waals surface area contributed by atoms with Gasteiger partial charge in [0, 0.05) is 31.9 Å². The van der Waals surface area contributed by atoms with E-state index in [1.54, 1.807) is 6.92 Å². The van der Waals surface area contributed by atoms with Crippen LogP contribution in [0.4, 0.5) is 0 Å². The van der Waals surface area contributed by atoms with Crippen LogP contribution in [-0.4, -0.2) is 80.5 Å². The number of nitrogens with zero attached hydrogens (tertiary/aromatic N) is 1. The molecule has 0 saturated carbocycles. The van der Waals surface area contributed by atoms with Crippen molar-refractivity contribution in [3.05, 3.63) is 72.4 Å². The Kier molecular flexibility index (Phi) is 13.9. The highest BCUT2D eigenvalue weighted by Gasteiger charge is 2.60. The predicted octanol–water partition coefficient (Wildman–Crippen LogP) is 5.36. The van der Waals surface area contributed by atoms with Crippen molar-refractivity contribution in [2.45, 2.75) is 110 Å². The van der Waals surface area contributed by atoms with Crippen LogP contribution >= 0.6 is 0 Å². The highest BCUT2D eigenvalue weighted by molar-refractivity contribution is 6.99. The summed E-state index contributed by atoms with van der Waals surface area (Å²) in [4.78, 5) is 26.5. The Morgan fingerprint density at radius 2 is 1.46 bits per heavy atom. The molecule has 9 heteroatoms. The lowest BCUT2D eigenvalue weighted by Gasteiger charge is -2.45. The molecule has 0 spiro atoms. The first-order chi connectivity index (χ1) is 21.8. The van der Waals surface area contributed by atoms with Crippen molar-refractivity contribution < 1.29 is 33.3 Å². The molecule has 0 radical (unpaired) electrons. The van der Waals surface area contributed by atoms with Crippen molar-refractivity contribution in [1.29, 1.82) is 0 Å². The number of amides is 1. The van der Waals surface area contributed by atoms with Gasteiger partial charge in [-0.3, -0.25) is 14.5 Å². The maximum Gasteiger partial charge on any atom is 0.261 e. The van der Waals surface area contributed by atoms with Crippen molar-refractivity contribution in [1.82, 2.24) is 4.90 Å². The van der Waals surface area contributed by atoms with Crippen LogP contribution in [0, 0.1) is 0 Å². The predicted molar refractivity (Wildman–Crippen MR) is 185 cm³/mol. The summed E-state index contributed by atoms with van der Waals surface area (Å²) in [6, 6.07) is 20.7. The fourth-order valence-corrected chi connectivity index (χ4v) is 10.7.